The number of carbonyl (C=O) groups is 1. The lowest BCUT2D eigenvalue weighted by Gasteiger charge is -2.05. The highest BCUT2D eigenvalue weighted by atomic mass is 16.5. The van der Waals surface area contributed by atoms with Gasteiger partial charge in [-0.2, -0.15) is 0 Å². The van der Waals surface area contributed by atoms with Crippen molar-refractivity contribution in [1.82, 2.24) is 15.0 Å². The predicted octanol–water partition coefficient (Wildman–Crippen LogP) is -0.0384. The van der Waals surface area contributed by atoms with Crippen molar-refractivity contribution in [1.29, 1.82) is 0 Å². The van der Waals surface area contributed by atoms with E-state index < -0.39 is 0 Å². The Morgan fingerprint density at radius 3 is 2.92 bits per heavy atom. The Balaban J connectivity index is 2.54. The molecule has 1 atom stereocenters. The zero-order valence-corrected chi connectivity index (χ0v) is 8.02. The molecule has 0 bridgehead atoms. The van der Waals surface area contributed by atoms with Crippen LogP contribution < -0.4 is 0 Å². The van der Waals surface area contributed by atoms with Gasteiger partial charge in [0, 0.05) is 20.4 Å². The third-order valence-electron chi connectivity index (χ3n) is 1.81. The molecular formula is C8H13N3O2. The Morgan fingerprint density at radius 1 is 1.77 bits per heavy atom. The number of aryl methyl sites for hydroxylation is 1. The standard InChI is InChI=1S/C8H13N3O2/c1-6(13-3)8(12)4-7-5-11(2)10-9-7/h5-6H,4H2,1-3H3. The molecule has 0 aliphatic heterocycles. The number of rotatable bonds is 4. The zero-order chi connectivity index (χ0) is 9.84. The summed E-state index contributed by atoms with van der Waals surface area (Å²) in [5, 5.41) is 7.54. The topological polar surface area (TPSA) is 57.0 Å². The number of hydrogen-bond acceptors (Lipinski definition) is 4. The Hall–Kier alpha value is -1.23. The first kappa shape index (κ1) is 9.85. The molecule has 0 amide bonds. The second kappa shape index (κ2) is 4.13. The number of ether oxygens (including phenoxy) is 1. The van der Waals surface area contributed by atoms with Crippen molar-refractivity contribution in [3.8, 4) is 0 Å². The van der Waals surface area contributed by atoms with Gasteiger partial charge in [-0.1, -0.05) is 5.21 Å². The summed E-state index contributed by atoms with van der Waals surface area (Å²) in [6, 6.07) is 0. The van der Waals surface area contributed by atoms with Gasteiger partial charge in [-0.15, -0.1) is 5.10 Å². The van der Waals surface area contributed by atoms with Crippen LogP contribution in [0, 0.1) is 0 Å². The summed E-state index contributed by atoms with van der Waals surface area (Å²) in [5.74, 6) is 0.0167. The van der Waals surface area contributed by atoms with E-state index >= 15 is 0 Å². The molecule has 1 aromatic rings. The first-order valence-electron chi connectivity index (χ1n) is 4.04. The molecule has 0 fully saturated rings. The Bertz CT molecular complexity index is 295. The van der Waals surface area contributed by atoms with E-state index in [2.05, 4.69) is 10.3 Å². The molecule has 0 saturated carbocycles. The molecule has 13 heavy (non-hydrogen) atoms. The van der Waals surface area contributed by atoms with Crippen LogP contribution in [-0.2, 0) is 23.0 Å². The van der Waals surface area contributed by atoms with E-state index in [4.69, 9.17) is 4.74 Å². The summed E-state index contributed by atoms with van der Waals surface area (Å²) < 4.78 is 6.46. The molecule has 5 heteroatoms. The van der Waals surface area contributed by atoms with Crippen molar-refractivity contribution in [2.45, 2.75) is 19.4 Å². The Labute approximate surface area is 76.7 Å². The molecule has 0 N–H and O–H groups in total. The van der Waals surface area contributed by atoms with Gasteiger partial charge in [-0.05, 0) is 6.92 Å². The molecule has 0 spiro atoms. The third kappa shape index (κ3) is 2.62. The molecule has 5 nitrogen and oxygen atoms in total. The second-order valence-corrected chi connectivity index (χ2v) is 2.90. The van der Waals surface area contributed by atoms with E-state index in [0.29, 0.717) is 5.69 Å². The Kier molecular flexibility index (Phi) is 3.13. The van der Waals surface area contributed by atoms with Gasteiger partial charge in [-0.3, -0.25) is 9.48 Å². The van der Waals surface area contributed by atoms with Crippen molar-refractivity contribution in [2.24, 2.45) is 7.05 Å². The van der Waals surface area contributed by atoms with Crippen molar-refractivity contribution in [2.75, 3.05) is 7.11 Å². The van der Waals surface area contributed by atoms with E-state index in [9.17, 15) is 4.79 Å². The van der Waals surface area contributed by atoms with Gasteiger partial charge in [0.25, 0.3) is 0 Å². The van der Waals surface area contributed by atoms with E-state index in [0.717, 1.165) is 0 Å². The number of methoxy groups -OCH3 is 1. The quantitative estimate of drug-likeness (QED) is 0.657. The highest BCUT2D eigenvalue weighted by molar-refractivity contribution is 5.84. The molecule has 0 aromatic carbocycles. The fraction of sp³-hybridized carbons (Fsp3) is 0.625. The predicted molar refractivity (Wildman–Crippen MR) is 46.2 cm³/mol. The lowest BCUT2D eigenvalue weighted by molar-refractivity contribution is -0.127. The van der Waals surface area contributed by atoms with Gasteiger partial charge in [0.15, 0.2) is 5.78 Å². The summed E-state index contributed by atoms with van der Waals surface area (Å²) in [6.07, 6.45) is 1.63. The molecule has 1 aromatic heterocycles. The van der Waals surface area contributed by atoms with Crippen LogP contribution in [0.2, 0.25) is 0 Å². The summed E-state index contributed by atoms with van der Waals surface area (Å²) in [5.41, 5.74) is 0.677. The van der Waals surface area contributed by atoms with E-state index in [1.54, 1.807) is 24.9 Å². The molecule has 1 unspecified atom stereocenters. The molecule has 0 aliphatic carbocycles. The van der Waals surface area contributed by atoms with Crippen LogP contribution >= 0.6 is 0 Å². The summed E-state index contributed by atoms with van der Waals surface area (Å²) >= 11 is 0. The first-order chi connectivity index (χ1) is 6.13. The van der Waals surface area contributed by atoms with Gasteiger partial charge >= 0.3 is 0 Å². The fourth-order valence-electron chi connectivity index (χ4n) is 0.930. The van der Waals surface area contributed by atoms with Gasteiger partial charge in [-0.25, -0.2) is 0 Å². The van der Waals surface area contributed by atoms with Crippen LogP contribution in [0.5, 0.6) is 0 Å². The van der Waals surface area contributed by atoms with Gasteiger partial charge in [0.2, 0.25) is 0 Å². The number of nitrogens with zero attached hydrogens (tertiary/aromatic N) is 3. The molecule has 0 radical (unpaired) electrons. The minimum atomic E-state index is -0.373. The van der Waals surface area contributed by atoms with E-state index in [1.165, 1.54) is 7.11 Å². The van der Waals surface area contributed by atoms with Crippen molar-refractivity contribution in [3.05, 3.63) is 11.9 Å². The number of aromatic nitrogens is 3. The van der Waals surface area contributed by atoms with Gasteiger partial charge in [0.1, 0.15) is 6.10 Å². The second-order valence-electron chi connectivity index (χ2n) is 2.90. The van der Waals surface area contributed by atoms with Crippen LogP contribution in [0.3, 0.4) is 0 Å². The number of Topliss-reactive ketones (excluding diaryl/α,β-unsaturated/α-hetero) is 1. The normalized spacial score (nSPS) is 12.8. The minimum absolute atomic E-state index is 0.0167. The van der Waals surface area contributed by atoms with Crippen molar-refractivity contribution in [3.63, 3.8) is 0 Å². The smallest absolute Gasteiger partial charge is 0.167 e. The van der Waals surface area contributed by atoms with Crippen LogP contribution in [0.4, 0.5) is 0 Å². The van der Waals surface area contributed by atoms with Crippen LogP contribution in [-0.4, -0.2) is 34.0 Å². The third-order valence-corrected chi connectivity index (χ3v) is 1.81. The summed E-state index contributed by atoms with van der Waals surface area (Å²) in [6.45, 7) is 1.72. The molecule has 1 rings (SSSR count). The van der Waals surface area contributed by atoms with Crippen LogP contribution in [0.25, 0.3) is 0 Å². The molecule has 0 aliphatic rings. The minimum Gasteiger partial charge on any atom is -0.374 e. The average molecular weight is 183 g/mol. The number of hydrogen-bond donors (Lipinski definition) is 0. The maximum Gasteiger partial charge on any atom is 0.167 e. The van der Waals surface area contributed by atoms with E-state index in [-0.39, 0.29) is 18.3 Å². The first-order valence-corrected chi connectivity index (χ1v) is 4.04. The highest BCUT2D eigenvalue weighted by Gasteiger charge is 2.13. The maximum atomic E-state index is 11.4. The lowest BCUT2D eigenvalue weighted by atomic mass is 10.1. The lowest BCUT2D eigenvalue weighted by Crippen LogP contribution is -2.21. The number of ketones is 1. The molecule has 72 valence electrons. The molecule has 0 saturated heterocycles. The monoisotopic (exact) mass is 183 g/mol. The zero-order valence-electron chi connectivity index (χ0n) is 8.02. The maximum absolute atomic E-state index is 11.4. The van der Waals surface area contributed by atoms with Gasteiger partial charge < -0.3 is 4.74 Å². The molecular weight excluding hydrogens is 170 g/mol. The number of carbonyl (C=O) groups excluding carboxylic acids is 1. The van der Waals surface area contributed by atoms with E-state index in [1.807, 2.05) is 0 Å². The summed E-state index contributed by atoms with van der Waals surface area (Å²) in [4.78, 5) is 11.4. The largest absolute Gasteiger partial charge is 0.374 e. The molecule has 1 heterocycles. The van der Waals surface area contributed by atoms with Crippen LogP contribution in [0.15, 0.2) is 6.20 Å². The van der Waals surface area contributed by atoms with Crippen molar-refractivity contribution >= 4 is 5.78 Å². The average Bonchev–Trinajstić information content (AvgIpc) is 2.49. The van der Waals surface area contributed by atoms with Gasteiger partial charge in [0.05, 0.1) is 12.1 Å². The van der Waals surface area contributed by atoms with Crippen molar-refractivity contribution < 1.29 is 9.53 Å². The highest BCUT2D eigenvalue weighted by Crippen LogP contribution is 1.99. The van der Waals surface area contributed by atoms with Crippen LogP contribution in [0.1, 0.15) is 12.6 Å². The SMILES string of the molecule is COC(C)C(=O)Cc1cn(C)nn1. The summed E-state index contributed by atoms with van der Waals surface area (Å²) in [7, 11) is 3.28. The Morgan fingerprint density at radius 2 is 2.46 bits per heavy atom. The fourth-order valence-corrected chi connectivity index (χ4v) is 0.930.